The Labute approximate surface area is 172 Å². The van der Waals surface area contributed by atoms with Gasteiger partial charge in [0.05, 0.1) is 0 Å². The number of aliphatic hydroxyl groups is 1. The number of carboxylic acids is 1. The van der Waals surface area contributed by atoms with Crippen molar-refractivity contribution in [3.05, 3.63) is 0 Å². The molecule has 0 aromatic heterocycles. The van der Waals surface area contributed by atoms with Gasteiger partial charge in [-0.1, -0.05) is 0 Å². The second kappa shape index (κ2) is 9.25. The first-order valence-corrected chi connectivity index (χ1v) is 6.02. The van der Waals surface area contributed by atoms with Gasteiger partial charge in [-0.3, -0.25) is 0 Å². The van der Waals surface area contributed by atoms with E-state index in [4.69, 9.17) is 5.11 Å². The fourth-order valence-corrected chi connectivity index (χ4v) is 1.09. The molecule has 0 unspecified atom stereocenters. The number of carbonyl (C=O) groups is 1. The molecule has 0 spiro atoms. The van der Waals surface area contributed by atoms with Gasteiger partial charge in [0.2, 0.25) is 0 Å². The van der Waals surface area contributed by atoms with E-state index in [1.807, 2.05) is 0 Å². The number of carbonyl (C=O) groups excluding carboxylic acids is 1. The third-order valence-corrected chi connectivity index (χ3v) is 2.58. The Morgan fingerprint density at radius 3 is 1.07 bits per heavy atom. The number of halogens is 15. The van der Waals surface area contributed by atoms with E-state index in [1.165, 1.54) is 0 Å². The molecular weight excluding hydrogens is 476 g/mol. The second-order valence-electron chi connectivity index (χ2n) is 4.55. The summed E-state index contributed by atoms with van der Waals surface area (Å²) in [6.07, 6.45) is -7.71. The zero-order chi connectivity index (χ0) is 23.8. The average Bonchev–Trinajstić information content (AvgIpc) is 2.45. The quantitative estimate of drug-likeness (QED) is 0.433. The van der Waals surface area contributed by atoms with E-state index in [1.54, 1.807) is 6.92 Å². The van der Waals surface area contributed by atoms with Crippen LogP contribution in [0.25, 0.3) is 0 Å². The summed E-state index contributed by atoms with van der Waals surface area (Å²) in [5.41, 5.74) is 0. The summed E-state index contributed by atoms with van der Waals surface area (Å²) in [4.78, 5) is 9.61. The molecule has 19 heteroatoms. The molecule has 0 rings (SSSR count). The first-order valence-electron chi connectivity index (χ1n) is 6.02. The van der Waals surface area contributed by atoms with Gasteiger partial charge in [0.25, 0.3) is 0 Å². The molecule has 0 amide bonds. The van der Waals surface area contributed by atoms with Gasteiger partial charge in [0.1, 0.15) is 5.97 Å². The standard InChI is InChI=1S/C8HF15O2.C2H6O.Na/c9-2(10,1(24)25)3(11,12)4(13,14)5(15,16)6(17,18)7(19,20)8(21,22)23;1-2-3;/h(H,24,25);3H,2H2,1H3;/q;;+1/p-1. The fraction of sp³-hybridized carbons (Fsp3) is 0.900. The van der Waals surface area contributed by atoms with Crippen LogP contribution in [0.4, 0.5) is 65.9 Å². The molecule has 0 aliphatic heterocycles. The van der Waals surface area contributed by atoms with Crippen LogP contribution in [0.1, 0.15) is 6.92 Å². The number of aliphatic carboxylic acids is 1. The van der Waals surface area contributed by atoms with Crippen molar-refractivity contribution in [2.45, 2.75) is 48.6 Å². The molecule has 0 aromatic carbocycles. The molecule has 0 radical (unpaired) electrons. The van der Waals surface area contributed by atoms with Crippen molar-refractivity contribution < 1.29 is 110 Å². The Morgan fingerprint density at radius 2 is 0.862 bits per heavy atom. The predicted molar refractivity (Wildman–Crippen MR) is 53.5 cm³/mol. The van der Waals surface area contributed by atoms with Gasteiger partial charge in [-0.2, -0.15) is 65.9 Å². The van der Waals surface area contributed by atoms with Crippen LogP contribution in [0.15, 0.2) is 0 Å². The van der Waals surface area contributed by atoms with E-state index in [-0.39, 0.29) is 36.2 Å². The third kappa shape index (κ3) is 5.00. The average molecular weight is 482 g/mol. The minimum absolute atomic E-state index is 0. The van der Waals surface area contributed by atoms with E-state index >= 15 is 0 Å². The minimum atomic E-state index is -8.50. The van der Waals surface area contributed by atoms with Crippen LogP contribution in [0.3, 0.4) is 0 Å². The van der Waals surface area contributed by atoms with Crippen molar-refractivity contribution in [2.75, 3.05) is 6.61 Å². The van der Waals surface area contributed by atoms with Crippen molar-refractivity contribution in [3.8, 4) is 0 Å². The van der Waals surface area contributed by atoms with Gasteiger partial charge in [-0.15, -0.1) is 0 Å². The summed E-state index contributed by atoms with van der Waals surface area (Å²) in [6.45, 7) is 1.93. The summed E-state index contributed by atoms with van der Waals surface area (Å²) in [5, 5.41) is 17.2. The SMILES string of the molecule is CCO.O=C([O-])C(F)(F)C(F)(F)C(F)(F)C(F)(F)C(F)(F)C(F)(F)C(F)(F)F.[Na+]. The van der Waals surface area contributed by atoms with Gasteiger partial charge in [-0.05, 0) is 6.92 Å². The maximum absolute atomic E-state index is 12.8. The number of alkyl halides is 15. The van der Waals surface area contributed by atoms with E-state index < -0.39 is 47.7 Å². The predicted octanol–water partition coefficient (Wildman–Crippen LogP) is 0.113. The molecule has 3 nitrogen and oxygen atoms in total. The van der Waals surface area contributed by atoms with Gasteiger partial charge in [-0.25, -0.2) is 0 Å². The van der Waals surface area contributed by atoms with Gasteiger partial charge < -0.3 is 15.0 Å². The van der Waals surface area contributed by atoms with Crippen molar-refractivity contribution >= 4 is 5.97 Å². The fourth-order valence-electron chi connectivity index (χ4n) is 1.09. The maximum Gasteiger partial charge on any atom is 1.00 e. The first kappa shape index (κ1) is 33.0. The van der Waals surface area contributed by atoms with E-state index in [0.29, 0.717) is 0 Å². The molecule has 0 fully saturated rings. The molecule has 0 aliphatic rings. The molecule has 0 aromatic rings. The summed E-state index contributed by atoms with van der Waals surface area (Å²) in [5.74, 6) is -53.3. The molecular formula is C10H6F15NaO3. The van der Waals surface area contributed by atoms with Crippen LogP contribution < -0.4 is 34.7 Å². The van der Waals surface area contributed by atoms with Crippen LogP contribution in [0.5, 0.6) is 0 Å². The summed E-state index contributed by atoms with van der Waals surface area (Å²) in [6, 6.07) is 0. The Bertz CT molecular complexity index is 557. The van der Waals surface area contributed by atoms with E-state index in [0.717, 1.165) is 0 Å². The topological polar surface area (TPSA) is 60.4 Å². The van der Waals surface area contributed by atoms with Gasteiger partial charge >= 0.3 is 71.3 Å². The van der Waals surface area contributed by atoms with Crippen molar-refractivity contribution in [2.24, 2.45) is 0 Å². The molecule has 0 aliphatic carbocycles. The Kier molecular flexibility index (Phi) is 10.5. The maximum atomic E-state index is 12.8. The zero-order valence-electron chi connectivity index (χ0n) is 13.6. The number of rotatable bonds is 6. The monoisotopic (exact) mass is 482 g/mol. The smallest absolute Gasteiger partial charge is 0.544 e. The first-order chi connectivity index (χ1) is 11.9. The minimum Gasteiger partial charge on any atom is -0.544 e. The summed E-state index contributed by atoms with van der Waals surface area (Å²) < 4.78 is 186. The Morgan fingerprint density at radius 1 is 0.655 bits per heavy atom. The van der Waals surface area contributed by atoms with Crippen molar-refractivity contribution in [1.29, 1.82) is 0 Å². The number of aliphatic hydroxyl groups excluding tert-OH is 1. The van der Waals surface area contributed by atoms with Crippen molar-refractivity contribution in [1.82, 2.24) is 0 Å². The van der Waals surface area contributed by atoms with Gasteiger partial charge in [0, 0.05) is 6.61 Å². The Hall–Kier alpha value is -0.620. The number of hydrogen-bond donors (Lipinski definition) is 1. The van der Waals surface area contributed by atoms with Crippen LogP contribution >= 0.6 is 0 Å². The van der Waals surface area contributed by atoms with E-state index in [2.05, 4.69) is 0 Å². The second-order valence-corrected chi connectivity index (χ2v) is 4.55. The van der Waals surface area contributed by atoms with Crippen molar-refractivity contribution in [3.63, 3.8) is 0 Å². The molecule has 170 valence electrons. The Balaban J connectivity index is -0.00000158. The number of carboxylic acid groups (broad SMARTS) is 1. The summed E-state index contributed by atoms with van der Waals surface area (Å²) in [7, 11) is 0. The third-order valence-electron chi connectivity index (χ3n) is 2.58. The molecule has 0 saturated carbocycles. The largest absolute Gasteiger partial charge is 1.00 e. The molecule has 0 atom stereocenters. The molecule has 29 heavy (non-hydrogen) atoms. The zero-order valence-corrected chi connectivity index (χ0v) is 15.6. The normalized spacial score (nSPS) is 14.5. The van der Waals surface area contributed by atoms with Crippen LogP contribution in [-0.4, -0.2) is 59.4 Å². The van der Waals surface area contributed by atoms with E-state index in [9.17, 15) is 75.8 Å². The molecule has 0 bridgehead atoms. The van der Waals surface area contributed by atoms with Gasteiger partial charge in [0.15, 0.2) is 0 Å². The van der Waals surface area contributed by atoms with Crippen LogP contribution in [0, 0.1) is 0 Å². The molecule has 1 N–H and O–H groups in total. The summed E-state index contributed by atoms with van der Waals surface area (Å²) >= 11 is 0. The molecule has 0 saturated heterocycles. The number of hydrogen-bond acceptors (Lipinski definition) is 3. The van der Waals surface area contributed by atoms with Crippen LogP contribution in [-0.2, 0) is 4.79 Å². The van der Waals surface area contributed by atoms with Crippen LogP contribution in [0.2, 0.25) is 0 Å². The molecule has 0 heterocycles.